The number of rotatable bonds is 5. The summed E-state index contributed by atoms with van der Waals surface area (Å²) in [6, 6.07) is 0. The highest BCUT2D eigenvalue weighted by atomic mass is 16.3. The van der Waals surface area contributed by atoms with Gasteiger partial charge in [-0.3, -0.25) is 0 Å². The first kappa shape index (κ1) is 14.5. The quantitative estimate of drug-likeness (QED) is 0.673. The summed E-state index contributed by atoms with van der Waals surface area (Å²) in [5, 5.41) is 9.65. The summed E-state index contributed by atoms with van der Waals surface area (Å²) in [6.07, 6.45) is 5.30. The Morgan fingerprint density at radius 3 is 1.83 bits per heavy atom. The molecule has 0 radical (unpaired) electrons. The molecular weight excluding hydrogens is 148 g/mol. The third-order valence-electron chi connectivity index (χ3n) is 1.86. The molecule has 1 unspecified atom stereocenters. The minimum atomic E-state index is -0.398. The summed E-state index contributed by atoms with van der Waals surface area (Å²) in [5.41, 5.74) is -0.398. The van der Waals surface area contributed by atoms with Crippen LogP contribution in [0.5, 0.6) is 0 Å². The van der Waals surface area contributed by atoms with E-state index < -0.39 is 5.60 Å². The van der Waals surface area contributed by atoms with Crippen LogP contribution in [0.1, 0.15) is 66.7 Å². The van der Waals surface area contributed by atoms with Gasteiger partial charge in [-0.15, -0.1) is 0 Å². The first-order chi connectivity index (χ1) is 5.62. The molecule has 0 aliphatic carbocycles. The second-order valence-electron chi connectivity index (χ2n) is 3.35. The van der Waals surface area contributed by atoms with Crippen LogP contribution in [0.3, 0.4) is 0 Å². The van der Waals surface area contributed by atoms with E-state index in [4.69, 9.17) is 0 Å². The van der Waals surface area contributed by atoms with Gasteiger partial charge in [-0.05, 0) is 19.8 Å². The minimum absolute atomic E-state index is 0.398. The fraction of sp³-hybridized carbons (Fsp3) is 1.00. The molecule has 0 amide bonds. The lowest BCUT2D eigenvalue weighted by atomic mass is 9.94. The topological polar surface area (TPSA) is 20.2 Å². The molecule has 0 bridgehead atoms. The Bertz CT molecular complexity index is 77.1. The van der Waals surface area contributed by atoms with Crippen LogP contribution in [0.15, 0.2) is 0 Å². The highest BCUT2D eigenvalue weighted by Gasteiger charge is 2.17. The zero-order chi connectivity index (χ0) is 10.0. The summed E-state index contributed by atoms with van der Waals surface area (Å²) in [6.45, 7) is 10.2. The average molecular weight is 174 g/mol. The van der Waals surface area contributed by atoms with Crippen molar-refractivity contribution in [2.75, 3.05) is 0 Å². The van der Waals surface area contributed by atoms with Crippen LogP contribution >= 0.6 is 0 Å². The van der Waals surface area contributed by atoms with Crippen molar-refractivity contribution in [1.82, 2.24) is 0 Å². The Hall–Kier alpha value is -0.0400. The van der Waals surface area contributed by atoms with Crippen LogP contribution in [0, 0.1) is 0 Å². The van der Waals surface area contributed by atoms with Crippen LogP contribution in [-0.2, 0) is 0 Å². The van der Waals surface area contributed by atoms with Crippen LogP contribution < -0.4 is 0 Å². The van der Waals surface area contributed by atoms with Crippen molar-refractivity contribution in [3.05, 3.63) is 0 Å². The minimum Gasteiger partial charge on any atom is -0.390 e. The highest BCUT2D eigenvalue weighted by molar-refractivity contribution is 4.70. The molecule has 12 heavy (non-hydrogen) atoms. The smallest absolute Gasteiger partial charge is 0.0619 e. The van der Waals surface area contributed by atoms with Gasteiger partial charge in [-0.2, -0.15) is 0 Å². The van der Waals surface area contributed by atoms with Crippen LogP contribution in [0.4, 0.5) is 0 Å². The molecule has 0 aromatic carbocycles. The van der Waals surface area contributed by atoms with Gasteiger partial charge in [0.05, 0.1) is 5.60 Å². The van der Waals surface area contributed by atoms with Crippen molar-refractivity contribution in [3.63, 3.8) is 0 Å². The van der Waals surface area contributed by atoms with Crippen molar-refractivity contribution in [3.8, 4) is 0 Å². The summed E-state index contributed by atoms with van der Waals surface area (Å²) in [5.74, 6) is 0. The van der Waals surface area contributed by atoms with E-state index in [-0.39, 0.29) is 0 Å². The first-order valence-electron chi connectivity index (χ1n) is 5.34. The molecule has 1 atom stereocenters. The lowest BCUT2D eigenvalue weighted by Gasteiger charge is -2.21. The zero-order valence-electron chi connectivity index (χ0n) is 9.48. The van der Waals surface area contributed by atoms with Gasteiger partial charge in [0.25, 0.3) is 0 Å². The SMILES string of the molecule is CC.CCCCC(C)(O)CCC. The Labute approximate surface area is 78.2 Å². The van der Waals surface area contributed by atoms with Crippen molar-refractivity contribution in [2.24, 2.45) is 0 Å². The van der Waals surface area contributed by atoms with Gasteiger partial charge >= 0.3 is 0 Å². The van der Waals surface area contributed by atoms with Gasteiger partial charge < -0.3 is 5.11 Å². The zero-order valence-corrected chi connectivity index (χ0v) is 9.48. The van der Waals surface area contributed by atoms with E-state index in [0.717, 1.165) is 25.7 Å². The molecule has 76 valence electrons. The summed E-state index contributed by atoms with van der Waals surface area (Å²) in [7, 11) is 0. The molecule has 0 spiro atoms. The molecule has 0 aliphatic heterocycles. The molecule has 0 aromatic rings. The second kappa shape index (κ2) is 9.05. The third kappa shape index (κ3) is 9.96. The van der Waals surface area contributed by atoms with E-state index in [1.165, 1.54) is 6.42 Å². The normalized spacial score (nSPS) is 14.5. The van der Waals surface area contributed by atoms with Crippen LogP contribution in [0.2, 0.25) is 0 Å². The van der Waals surface area contributed by atoms with Gasteiger partial charge in [0.15, 0.2) is 0 Å². The number of unbranched alkanes of at least 4 members (excludes halogenated alkanes) is 1. The van der Waals surface area contributed by atoms with Crippen LogP contribution in [-0.4, -0.2) is 10.7 Å². The molecule has 1 nitrogen and oxygen atoms in total. The standard InChI is InChI=1S/C9H20O.C2H6/c1-4-6-8-9(3,10)7-5-2;1-2/h10H,4-8H2,1-3H3;1-2H3. The lowest BCUT2D eigenvalue weighted by molar-refractivity contribution is 0.0391. The molecule has 1 N–H and O–H groups in total. The lowest BCUT2D eigenvalue weighted by Crippen LogP contribution is -2.23. The molecular formula is C11H26O. The van der Waals surface area contributed by atoms with E-state index in [2.05, 4.69) is 13.8 Å². The predicted molar refractivity (Wildman–Crippen MR) is 56.4 cm³/mol. The maximum absolute atomic E-state index is 9.65. The molecule has 0 heterocycles. The number of aliphatic hydroxyl groups is 1. The molecule has 0 fully saturated rings. The fourth-order valence-corrected chi connectivity index (χ4v) is 1.22. The van der Waals surface area contributed by atoms with Gasteiger partial charge in [0, 0.05) is 0 Å². The first-order valence-corrected chi connectivity index (χ1v) is 5.34. The molecule has 0 saturated carbocycles. The van der Waals surface area contributed by atoms with Gasteiger partial charge in [-0.1, -0.05) is 47.0 Å². The monoisotopic (exact) mass is 174 g/mol. The molecule has 0 rings (SSSR count). The number of hydrogen-bond acceptors (Lipinski definition) is 1. The van der Waals surface area contributed by atoms with E-state index >= 15 is 0 Å². The molecule has 0 aliphatic rings. The van der Waals surface area contributed by atoms with Crippen LogP contribution in [0.25, 0.3) is 0 Å². The second-order valence-corrected chi connectivity index (χ2v) is 3.35. The van der Waals surface area contributed by atoms with E-state index in [0.29, 0.717) is 0 Å². The van der Waals surface area contributed by atoms with Crippen molar-refractivity contribution < 1.29 is 5.11 Å². The van der Waals surface area contributed by atoms with E-state index in [1.807, 2.05) is 20.8 Å². The fourth-order valence-electron chi connectivity index (χ4n) is 1.22. The van der Waals surface area contributed by atoms with Gasteiger partial charge in [0.2, 0.25) is 0 Å². The van der Waals surface area contributed by atoms with Crippen molar-refractivity contribution in [2.45, 2.75) is 72.3 Å². The summed E-state index contributed by atoms with van der Waals surface area (Å²) < 4.78 is 0. The average Bonchev–Trinajstić information content (AvgIpc) is 2.05. The van der Waals surface area contributed by atoms with Gasteiger partial charge in [0.1, 0.15) is 0 Å². The third-order valence-corrected chi connectivity index (χ3v) is 1.86. The Kier molecular flexibility index (Phi) is 10.9. The van der Waals surface area contributed by atoms with Crippen molar-refractivity contribution in [1.29, 1.82) is 0 Å². The van der Waals surface area contributed by atoms with Gasteiger partial charge in [-0.25, -0.2) is 0 Å². The predicted octanol–water partition coefficient (Wildman–Crippen LogP) is 3.75. The number of hydrogen-bond donors (Lipinski definition) is 1. The maximum atomic E-state index is 9.65. The highest BCUT2D eigenvalue weighted by Crippen LogP contribution is 2.18. The largest absolute Gasteiger partial charge is 0.390 e. The maximum Gasteiger partial charge on any atom is 0.0619 e. The molecule has 0 aromatic heterocycles. The van der Waals surface area contributed by atoms with E-state index in [1.54, 1.807) is 0 Å². The molecule has 0 saturated heterocycles. The molecule has 1 heteroatoms. The Morgan fingerprint density at radius 1 is 1.00 bits per heavy atom. The van der Waals surface area contributed by atoms with Crippen molar-refractivity contribution >= 4 is 0 Å². The van der Waals surface area contributed by atoms with E-state index in [9.17, 15) is 5.11 Å². The summed E-state index contributed by atoms with van der Waals surface area (Å²) >= 11 is 0. The summed E-state index contributed by atoms with van der Waals surface area (Å²) in [4.78, 5) is 0. The Balaban J connectivity index is 0. The Morgan fingerprint density at radius 2 is 1.50 bits per heavy atom.